The van der Waals surface area contributed by atoms with Crippen molar-refractivity contribution >= 4 is 52.2 Å². The van der Waals surface area contributed by atoms with E-state index in [0.717, 1.165) is 3.57 Å². The van der Waals surface area contributed by atoms with Gasteiger partial charge in [-0.05, 0) is 76.9 Å². The van der Waals surface area contributed by atoms with Gasteiger partial charge in [-0.25, -0.2) is 5.43 Å². The van der Waals surface area contributed by atoms with Gasteiger partial charge in [-0.15, -0.1) is 0 Å². The topological polar surface area (TPSA) is 89.0 Å². The maximum Gasteiger partial charge on any atom is 0.262 e. The number of methoxy groups -OCH3 is 1. The van der Waals surface area contributed by atoms with E-state index in [1.165, 1.54) is 6.21 Å². The maximum atomic E-state index is 12.7. The van der Waals surface area contributed by atoms with E-state index in [1.807, 2.05) is 19.9 Å². The van der Waals surface area contributed by atoms with Crippen LogP contribution in [0.2, 0.25) is 5.02 Å². The van der Waals surface area contributed by atoms with E-state index in [9.17, 15) is 9.59 Å². The molecule has 0 saturated carbocycles. The van der Waals surface area contributed by atoms with Gasteiger partial charge in [0, 0.05) is 10.6 Å². The molecular weight excluding hydrogens is 557 g/mol. The number of benzene rings is 2. The number of nitrogens with one attached hydrogen (secondary N) is 2. The van der Waals surface area contributed by atoms with E-state index >= 15 is 0 Å². The Labute approximate surface area is 212 Å². The second kappa shape index (κ2) is 13.2. The van der Waals surface area contributed by atoms with E-state index in [-0.39, 0.29) is 11.8 Å². The molecule has 1 unspecified atom stereocenters. The molecule has 33 heavy (non-hydrogen) atoms. The molecule has 0 saturated heterocycles. The Morgan fingerprint density at radius 2 is 1.94 bits per heavy atom. The number of hydrogen-bond donors (Lipinski definition) is 2. The number of hydrogen-bond acceptors (Lipinski definition) is 5. The van der Waals surface area contributed by atoms with E-state index in [0.29, 0.717) is 40.7 Å². The summed E-state index contributed by atoms with van der Waals surface area (Å²) in [6.07, 6.45) is 3.62. The monoisotopic (exact) mass is 583 g/mol. The minimum atomic E-state index is -0.741. The van der Waals surface area contributed by atoms with Crippen LogP contribution in [-0.4, -0.2) is 37.8 Å². The molecular formula is C24H27ClIN3O4. The molecule has 2 aromatic carbocycles. The molecule has 0 radical (unpaired) electrons. The van der Waals surface area contributed by atoms with Crippen molar-refractivity contribution < 1.29 is 19.1 Å². The van der Waals surface area contributed by atoms with Crippen molar-refractivity contribution in [2.24, 2.45) is 11.0 Å². The Hall–Kier alpha value is -2.59. The summed E-state index contributed by atoms with van der Waals surface area (Å²) in [7, 11) is 1.55. The van der Waals surface area contributed by atoms with Crippen molar-refractivity contribution in [3.63, 3.8) is 0 Å². The molecule has 1 atom stereocenters. The lowest BCUT2D eigenvalue weighted by Gasteiger charge is -2.19. The fourth-order valence-corrected chi connectivity index (χ4v) is 3.80. The van der Waals surface area contributed by atoms with Crippen molar-refractivity contribution in [3.05, 3.63) is 68.8 Å². The first-order chi connectivity index (χ1) is 15.7. The summed E-state index contributed by atoms with van der Waals surface area (Å²) in [5.41, 5.74) is 3.65. The maximum absolute atomic E-state index is 12.7. The average molecular weight is 584 g/mol. The van der Waals surface area contributed by atoms with Gasteiger partial charge in [-0.1, -0.05) is 38.1 Å². The molecule has 0 aromatic heterocycles. The zero-order valence-electron chi connectivity index (χ0n) is 18.7. The minimum absolute atomic E-state index is 0.184. The number of nitrogens with zero attached hydrogens (tertiary/aromatic N) is 1. The van der Waals surface area contributed by atoms with Crippen LogP contribution in [0, 0.1) is 9.49 Å². The Morgan fingerprint density at radius 1 is 1.24 bits per heavy atom. The van der Waals surface area contributed by atoms with Crippen LogP contribution in [-0.2, 0) is 4.79 Å². The standard InChI is InChI=1S/C24H27ClIN3O4/c1-5-10-33-22-19(26)12-16(13-21(22)32-4)14-27-29-24(31)20(11-15(2)3)28-23(30)17-6-8-18(25)9-7-17/h5-9,12-15,20H,1,10-11H2,2-4H3,(H,28,30)(H,29,31). The van der Waals surface area contributed by atoms with E-state index < -0.39 is 11.9 Å². The number of carbonyl (C=O) groups excluding carboxylic acids is 2. The molecule has 2 amide bonds. The molecule has 0 aliphatic rings. The Morgan fingerprint density at radius 3 is 2.55 bits per heavy atom. The van der Waals surface area contributed by atoms with Crippen LogP contribution in [0.5, 0.6) is 11.5 Å². The molecule has 9 heteroatoms. The SMILES string of the molecule is C=CCOc1c(I)cc(C=NNC(=O)C(CC(C)C)NC(=O)c2ccc(Cl)cc2)cc1OC. The average Bonchev–Trinajstić information content (AvgIpc) is 2.77. The summed E-state index contributed by atoms with van der Waals surface area (Å²) >= 11 is 8.02. The molecule has 0 fully saturated rings. The summed E-state index contributed by atoms with van der Waals surface area (Å²) < 4.78 is 11.9. The Bertz CT molecular complexity index is 1010. The number of rotatable bonds is 11. The summed E-state index contributed by atoms with van der Waals surface area (Å²) in [6.45, 7) is 7.95. The Balaban J connectivity index is 2.09. The first-order valence-electron chi connectivity index (χ1n) is 10.3. The highest BCUT2D eigenvalue weighted by molar-refractivity contribution is 14.1. The van der Waals surface area contributed by atoms with E-state index in [1.54, 1.807) is 43.5 Å². The zero-order chi connectivity index (χ0) is 24.4. The highest BCUT2D eigenvalue weighted by Gasteiger charge is 2.22. The van der Waals surface area contributed by atoms with Gasteiger partial charge in [-0.3, -0.25) is 9.59 Å². The Kier molecular flexibility index (Phi) is 10.7. The van der Waals surface area contributed by atoms with Crippen LogP contribution in [0.15, 0.2) is 54.2 Å². The largest absolute Gasteiger partial charge is 0.493 e. The summed E-state index contributed by atoms with van der Waals surface area (Å²) in [5.74, 6) is 0.579. The first-order valence-corrected chi connectivity index (χ1v) is 11.7. The molecule has 0 aliphatic carbocycles. The van der Waals surface area contributed by atoms with Gasteiger partial charge in [0.2, 0.25) is 0 Å². The van der Waals surface area contributed by atoms with Crippen LogP contribution in [0.3, 0.4) is 0 Å². The lowest BCUT2D eigenvalue weighted by atomic mass is 10.0. The smallest absolute Gasteiger partial charge is 0.262 e. The summed E-state index contributed by atoms with van der Waals surface area (Å²) in [4.78, 5) is 25.3. The number of carbonyl (C=O) groups is 2. The van der Waals surface area contributed by atoms with E-state index in [4.69, 9.17) is 21.1 Å². The molecule has 176 valence electrons. The third kappa shape index (κ3) is 8.36. The van der Waals surface area contributed by atoms with Crippen LogP contribution < -0.4 is 20.2 Å². The van der Waals surface area contributed by atoms with Crippen LogP contribution in [0.4, 0.5) is 0 Å². The third-order valence-corrected chi connectivity index (χ3v) is 5.47. The minimum Gasteiger partial charge on any atom is -0.493 e. The molecule has 2 rings (SSSR count). The molecule has 0 aliphatic heterocycles. The number of amides is 2. The van der Waals surface area contributed by atoms with Crippen molar-refractivity contribution in [1.82, 2.24) is 10.7 Å². The van der Waals surface area contributed by atoms with Gasteiger partial charge in [0.25, 0.3) is 11.8 Å². The fourth-order valence-electron chi connectivity index (χ4n) is 2.89. The van der Waals surface area contributed by atoms with Gasteiger partial charge in [0.1, 0.15) is 12.6 Å². The molecule has 2 N–H and O–H groups in total. The third-order valence-electron chi connectivity index (χ3n) is 4.42. The summed E-state index contributed by atoms with van der Waals surface area (Å²) in [6, 6.07) is 9.34. The predicted molar refractivity (Wildman–Crippen MR) is 139 cm³/mol. The molecule has 0 bridgehead atoms. The van der Waals surface area contributed by atoms with Crippen molar-refractivity contribution in [2.75, 3.05) is 13.7 Å². The van der Waals surface area contributed by atoms with Gasteiger partial charge < -0.3 is 14.8 Å². The number of hydrazone groups is 1. The van der Waals surface area contributed by atoms with Gasteiger partial charge in [0.05, 0.1) is 16.9 Å². The second-order valence-electron chi connectivity index (χ2n) is 7.53. The first kappa shape index (κ1) is 26.7. The van der Waals surface area contributed by atoms with Crippen molar-refractivity contribution in [3.8, 4) is 11.5 Å². The van der Waals surface area contributed by atoms with Crippen molar-refractivity contribution in [1.29, 1.82) is 0 Å². The van der Waals surface area contributed by atoms with Crippen LogP contribution in [0.1, 0.15) is 36.2 Å². The molecule has 0 heterocycles. The zero-order valence-corrected chi connectivity index (χ0v) is 21.6. The van der Waals surface area contributed by atoms with Gasteiger partial charge >= 0.3 is 0 Å². The van der Waals surface area contributed by atoms with Crippen LogP contribution >= 0.6 is 34.2 Å². The van der Waals surface area contributed by atoms with Crippen molar-refractivity contribution in [2.45, 2.75) is 26.3 Å². The normalized spacial score (nSPS) is 11.8. The lowest BCUT2D eigenvalue weighted by Crippen LogP contribution is -2.46. The fraction of sp³-hybridized carbons (Fsp3) is 0.292. The number of halogens is 2. The highest BCUT2D eigenvalue weighted by atomic mass is 127. The number of ether oxygens (including phenoxy) is 2. The lowest BCUT2D eigenvalue weighted by molar-refractivity contribution is -0.123. The molecule has 0 spiro atoms. The molecule has 7 nitrogen and oxygen atoms in total. The predicted octanol–water partition coefficient (Wildman–Crippen LogP) is 4.81. The van der Waals surface area contributed by atoms with Gasteiger partial charge in [0.15, 0.2) is 11.5 Å². The molecule has 2 aromatic rings. The van der Waals surface area contributed by atoms with E-state index in [2.05, 4.69) is 45.0 Å². The second-order valence-corrected chi connectivity index (χ2v) is 9.13. The highest BCUT2D eigenvalue weighted by Crippen LogP contribution is 2.33. The quantitative estimate of drug-likeness (QED) is 0.172. The van der Waals surface area contributed by atoms with Gasteiger partial charge in [-0.2, -0.15) is 5.10 Å². The summed E-state index contributed by atoms with van der Waals surface area (Å²) in [5, 5.41) is 7.37. The van der Waals surface area contributed by atoms with Crippen LogP contribution in [0.25, 0.3) is 0 Å².